The second-order valence-corrected chi connectivity index (χ2v) is 8.76. The Morgan fingerprint density at radius 3 is 2.10 bits per heavy atom. The van der Waals surface area contributed by atoms with Crippen molar-refractivity contribution in [3.63, 3.8) is 0 Å². The summed E-state index contributed by atoms with van der Waals surface area (Å²) in [5.74, 6) is 1.40. The molecule has 0 aromatic heterocycles. The molecule has 4 bridgehead atoms. The summed E-state index contributed by atoms with van der Waals surface area (Å²) in [6, 6.07) is 16.4. The van der Waals surface area contributed by atoms with Crippen LogP contribution < -0.4 is 24.2 Å². The first-order valence-corrected chi connectivity index (χ1v) is 10.6. The van der Waals surface area contributed by atoms with Crippen LogP contribution in [0.5, 0.6) is 11.5 Å². The van der Waals surface area contributed by atoms with E-state index in [1.807, 2.05) is 18.2 Å². The first-order chi connectivity index (χ1) is 14.7. The minimum Gasteiger partial charge on any atom is -0.493 e. The fraction of sp³-hybridized carbons (Fsp3) is 0.391. The smallest absolute Gasteiger partial charge is 0.213 e. The first kappa shape index (κ1) is 19.2. The zero-order valence-electron chi connectivity index (χ0n) is 17.6. The molecule has 7 nitrogen and oxygen atoms in total. The first-order valence-electron chi connectivity index (χ1n) is 10.6. The highest BCUT2D eigenvalue weighted by Crippen LogP contribution is 2.27. The van der Waals surface area contributed by atoms with E-state index in [-0.39, 0.29) is 5.41 Å². The van der Waals surface area contributed by atoms with Gasteiger partial charge in [0.1, 0.15) is 19.6 Å². The number of nitrogens with one attached hydrogen (secondary N) is 3. The Morgan fingerprint density at radius 1 is 0.867 bits per heavy atom. The molecule has 0 saturated carbocycles. The van der Waals surface area contributed by atoms with Gasteiger partial charge in [0.2, 0.25) is 20.0 Å². The predicted molar refractivity (Wildman–Crippen MR) is 115 cm³/mol. The van der Waals surface area contributed by atoms with Crippen molar-refractivity contribution in [1.82, 2.24) is 0 Å². The van der Waals surface area contributed by atoms with Gasteiger partial charge in [-0.25, -0.2) is 14.7 Å². The number of quaternary nitrogens is 3. The van der Waals surface area contributed by atoms with Crippen LogP contribution in [0, 0.1) is 5.41 Å². The quantitative estimate of drug-likeness (QED) is 0.386. The summed E-state index contributed by atoms with van der Waals surface area (Å²) in [6.07, 6.45) is 1.80. The van der Waals surface area contributed by atoms with Gasteiger partial charge in [-0.3, -0.25) is 0 Å². The highest BCUT2D eigenvalue weighted by molar-refractivity contribution is 6.05. The van der Waals surface area contributed by atoms with Crippen molar-refractivity contribution in [2.24, 2.45) is 15.6 Å². The molecule has 3 N–H and O–H groups in total. The molecule has 4 saturated heterocycles. The van der Waals surface area contributed by atoms with Gasteiger partial charge in [-0.2, -0.15) is 10.2 Å². The van der Waals surface area contributed by atoms with Gasteiger partial charge in [-0.15, -0.1) is 0 Å². The lowest BCUT2D eigenvalue weighted by Gasteiger charge is -2.52. The molecule has 30 heavy (non-hydrogen) atoms. The monoisotopic (exact) mass is 408 g/mol. The minimum absolute atomic E-state index is 0.0883. The van der Waals surface area contributed by atoms with Crippen molar-refractivity contribution in [2.45, 2.75) is 0 Å². The maximum atomic E-state index is 5.41. The molecule has 7 heteroatoms. The highest BCUT2D eigenvalue weighted by Gasteiger charge is 2.60. The van der Waals surface area contributed by atoms with Crippen LogP contribution in [0.2, 0.25) is 0 Å². The molecule has 4 fully saturated rings. The molecule has 156 valence electrons. The standard InChI is InChI=1S/C23H27N5O2/c1-29-20-9-8-18(10-21(20)30-2)11-24-25-22(19-6-4-3-5-7-19)23-12-26-15-27(13-23)17-28(14-23)16-26/h3-11H,12-17H2,1-2H3/p+3/b24-11-,25-22+. The second-order valence-electron chi connectivity index (χ2n) is 8.76. The Kier molecular flexibility index (Phi) is 5.02. The molecule has 0 unspecified atom stereocenters. The molecule has 2 aromatic carbocycles. The number of benzene rings is 2. The maximum absolute atomic E-state index is 5.41. The number of hydrogen-bond donors (Lipinski definition) is 3. The lowest BCUT2D eigenvalue weighted by Crippen LogP contribution is -3.56. The Bertz CT molecular complexity index is 938. The van der Waals surface area contributed by atoms with E-state index in [9.17, 15) is 0 Å². The molecule has 4 aliphatic heterocycles. The summed E-state index contributed by atoms with van der Waals surface area (Å²) < 4.78 is 10.7. The fourth-order valence-corrected chi connectivity index (χ4v) is 5.65. The van der Waals surface area contributed by atoms with Gasteiger partial charge in [-0.05, 0) is 29.3 Å². The fourth-order valence-electron chi connectivity index (χ4n) is 5.65. The minimum atomic E-state index is 0.0883. The van der Waals surface area contributed by atoms with Crippen LogP contribution in [0.1, 0.15) is 11.1 Å². The van der Waals surface area contributed by atoms with E-state index in [0.29, 0.717) is 11.5 Å². The molecule has 4 heterocycles. The van der Waals surface area contributed by atoms with Gasteiger partial charge in [0.25, 0.3) is 0 Å². The van der Waals surface area contributed by atoms with Gasteiger partial charge < -0.3 is 9.47 Å². The average molecular weight is 409 g/mol. The van der Waals surface area contributed by atoms with Crippen LogP contribution in [-0.4, -0.2) is 65.8 Å². The normalized spacial score (nSPS) is 30.1. The van der Waals surface area contributed by atoms with Gasteiger partial charge in [0.05, 0.1) is 26.1 Å². The second kappa shape index (κ2) is 7.83. The summed E-state index contributed by atoms with van der Waals surface area (Å²) in [7, 11) is 3.28. The summed E-state index contributed by atoms with van der Waals surface area (Å²) in [4.78, 5) is 5.07. The third-order valence-electron chi connectivity index (χ3n) is 6.59. The topological polar surface area (TPSA) is 56.5 Å². The number of rotatable bonds is 6. The Hall–Kier alpha value is -2.74. The SMILES string of the molecule is COc1ccc(/C=N\N=C(/c2ccccc2)C23C[NH+]4C[NH+](C[NH+](C4)C2)C3)cc1OC. The van der Waals surface area contributed by atoms with Gasteiger partial charge in [0.15, 0.2) is 16.9 Å². The van der Waals surface area contributed by atoms with E-state index in [1.54, 1.807) is 35.1 Å². The number of ether oxygens (including phenoxy) is 2. The molecule has 0 radical (unpaired) electrons. The lowest BCUT2D eigenvalue weighted by atomic mass is 9.74. The number of methoxy groups -OCH3 is 2. The van der Waals surface area contributed by atoms with Crippen molar-refractivity contribution in [2.75, 3.05) is 53.9 Å². The zero-order chi connectivity index (χ0) is 20.6. The molecule has 0 atom stereocenters. The van der Waals surface area contributed by atoms with Crippen molar-refractivity contribution in [3.8, 4) is 11.5 Å². The molecule has 0 amide bonds. The van der Waals surface area contributed by atoms with Crippen molar-refractivity contribution < 1.29 is 24.2 Å². The van der Waals surface area contributed by atoms with Gasteiger partial charge >= 0.3 is 0 Å². The van der Waals surface area contributed by atoms with Crippen molar-refractivity contribution in [3.05, 3.63) is 59.7 Å². The molecule has 6 rings (SSSR count). The average Bonchev–Trinajstić information content (AvgIpc) is 2.76. The van der Waals surface area contributed by atoms with Crippen LogP contribution in [0.4, 0.5) is 0 Å². The summed E-state index contributed by atoms with van der Waals surface area (Å²) in [5, 5.41) is 9.40. The molecule has 4 aliphatic rings. The molecular weight excluding hydrogens is 378 g/mol. The van der Waals surface area contributed by atoms with E-state index in [0.717, 1.165) is 30.9 Å². The van der Waals surface area contributed by atoms with E-state index in [4.69, 9.17) is 14.6 Å². The van der Waals surface area contributed by atoms with E-state index in [2.05, 4.69) is 35.4 Å². The van der Waals surface area contributed by atoms with Crippen LogP contribution in [0.15, 0.2) is 58.7 Å². The Balaban J connectivity index is 1.49. The van der Waals surface area contributed by atoms with Gasteiger partial charge in [0, 0.05) is 0 Å². The lowest BCUT2D eigenvalue weighted by molar-refractivity contribution is -1.30. The maximum Gasteiger partial charge on any atom is 0.213 e. The summed E-state index contributed by atoms with van der Waals surface area (Å²) >= 11 is 0. The van der Waals surface area contributed by atoms with E-state index >= 15 is 0 Å². The zero-order valence-corrected chi connectivity index (χ0v) is 17.6. The molecule has 2 aromatic rings. The highest BCUT2D eigenvalue weighted by atomic mass is 16.5. The predicted octanol–water partition coefficient (Wildman–Crippen LogP) is -1.92. The Morgan fingerprint density at radius 2 is 1.50 bits per heavy atom. The van der Waals surface area contributed by atoms with Gasteiger partial charge in [-0.1, -0.05) is 30.3 Å². The summed E-state index contributed by atoms with van der Waals surface area (Å²) in [6.45, 7) is 7.17. The van der Waals surface area contributed by atoms with Crippen LogP contribution in [-0.2, 0) is 0 Å². The largest absolute Gasteiger partial charge is 0.493 e. The van der Waals surface area contributed by atoms with Crippen LogP contribution in [0.25, 0.3) is 0 Å². The number of hydrogen-bond acceptors (Lipinski definition) is 4. The Labute approximate surface area is 177 Å². The van der Waals surface area contributed by atoms with E-state index < -0.39 is 0 Å². The molecular formula is C23H30N5O2+3. The number of nitrogens with zero attached hydrogens (tertiary/aromatic N) is 2. The molecule has 0 spiro atoms. The van der Waals surface area contributed by atoms with E-state index in [1.165, 1.54) is 25.6 Å². The third-order valence-corrected chi connectivity index (χ3v) is 6.59. The molecule has 0 aliphatic carbocycles. The van der Waals surface area contributed by atoms with Crippen molar-refractivity contribution >= 4 is 11.9 Å². The van der Waals surface area contributed by atoms with Crippen LogP contribution >= 0.6 is 0 Å². The van der Waals surface area contributed by atoms with Crippen molar-refractivity contribution in [1.29, 1.82) is 0 Å². The summed E-state index contributed by atoms with van der Waals surface area (Å²) in [5.41, 5.74) is 3.34. The van der Waals surface area contributed by atoms with Crippen LogP contribution in [0.3, 0.4) is 0 Å². The third kappa shape index (κ3) is 3.49.